The van der Waals surface area contributed by atoms with Gasteiger partial charge in [0.2, 0.25) is 0 Å². The molecule has 0 fully saturated rings. The second kappa shape index (κ2) is 20.6. The molecule has 0 spiro atoms. The Hall–Kier alpha value is -8.59. The second-order valence-electron chi connectivity index (χ2n) is 18.8. The van der Waals surface area contributed by atoms with Crippen LogP contribution in [0.15, 0.2) is 286 Å². The molecule has 0 aliphatic carbocycles. The van der Waals surface area contributed by atoms with Crippen molar-refractivity contribution in [2.75, 3.05) is 0 Å². The van der Waals surface area contributed by atoms with Gasteiger partial charge in [0.1, 0.15) is 23.8 Å². The Kier molecular flexibility index (Phi) is 13.0. The van der Waals surface area contributed by atoms with Crippen LogP contribution in [0, 0.1) is 13.8 Å². The van der Waals surface area contributed by atoms with Crippen LogP contribution in [0.2, 0.25) is 0 Å². The molecule has 0 saturated heterocycles. The maximum Gasteiger partial charge on any atom is 0.254 e. The fraction of sp³-hybridized carbons (Fsp3) is 0.0870. The summed E-state index contributed by atoms with van der Waals surface area (Å²) in [5.41, 5.74) is 19.8. The van der Waals surface area contributed by atoms with Crippen LogP contribution in [0.3, 0.4) is 0 Å². The molecule has 0 aliphatic rings. The van der Waals surface area contributed by atoms with Gasteiger partial charge in [-0.3, -0.25) is 0 Å². The standard InChI is InChI=1S/C69H57N2/c1-50-45-60(64(52-27-11-3-12-28-52)53-29-13-4-14-30-53)68(61(46-50)65(54-31-15-5-16-32-54)55-33-17-6-18-34-55)70-43-44-71(49-70)69-62(66(56-35-19-7-20-36-56)57-37-21-8-22-38-57)47-51(2)48-63(69)67(58-39-23-9-24-40-58)59-41-25-10-26-42-59/h3-49,64-67H,1-2H3/q+1. The van der Waals surface area contributed by atoms with Gasteiger partial charge in [0.15, 0.2) is 0 Å². The van der Waals surface area contributed by atoms with Crippen molar-refractivity contribution in [3.8, 4) is 11.4 Å². The van der Waals surface area contributed by atoms with Crippen molar-refractivity contribution in [2.24, 2.45) is 0 Å². The van der Waals surface area contributed by atoms with Gasteiger partial charge in [0.05, 0.1) is 0 Å². The van der Waals surface area contributed by atoms with Gasteiger partial charge in [-0.25, -0.2) is 9.13 Å². The fourth-order valence-corrected chi connectivity index (χ4v) is 11.1. The van der Waals surface area contributed by atoms with Crippen LogP contribution < -0.4 is 4.57 Å². The minimum absolute atomic E-state index is 0.0549. The molecule has 0 amide bonds. The van der Waals surface area contributed by atoms with E-state index in [1.807, 2.05) is 0 Å². The van der Waals surface area contributed by atoms with Crippen LogP contribution in [0.25, 0.3) is 11.4 Å². The van der Waals surface area contributed by atoms with E-state index in [-0.39, 0.29) is 23.7 Å². The highest BCUT2D eigenvalue weighted by molar-refractivity contribution is 5.63. The Morgan fingerprint density at radius 1 is 0.296 bits per heavy atom. The molecular formula is C69H57N2+. The van der Waals surface area contributed by atoms with Gasteiger partial charge in [-0.05, 0) is 58.4 Å². The highest BCUT2D eigenvalue weighted by atomic mass is 15.1. The zero-order chi connectivity index (χ0) is 47.9. The minimum atomic E-state index is -0.0549. The number of hydrogen-bond donors (Lipinski definition) is 0. The van der Waals surface area contributed by atoms with Crippen LogP contribution in [-0.2, 0) is 0 Å². The summed E-state index contributed by atoms with van der Waals surface area (Å²) in [6.07, 6.45) is 6.95. The maximum absolute atomic E-state index is 2.44. The van der Waals surface area contributed by atoms with Crippen molar-refractivity contribution in [2.45, 2.75) is 37.5 Å². The smallest absolute Gasteiger partial charge is 0.201 e. The fourth-order valence-electron chi connectivity index (χ4n) is 11.1. The SMILES string of the molecule is Cc1cc(C(c2ccccc2)c2ccccc2)c(-n2cc[n+](-c3c(C(c4ccccc4)c4ccccc4)cc(C)cc3C(c3ccccc3)c3ccccc3)c2)c(C(c2ccccc2)c2ccccc2)c1. The van der Waals surface area contributed by atoms with E-state index in [0.717, 1.165) is 0 Å². The molecule has 1 aromatic heterocycles. The molecule has 0 radical (unpaired) electrons. The number of hydrogen-bond acceptors (Lipinski definition) is 0. The molecule has 0 aliphatic heterocycles. The lowest BCUT2D eigenvalue weighted by Crippen LogP contribution is -2.33. The lowest BCUT2D eigenvalue weighted by atomic mass is 9.78. The van der Waals surface area contributed by atoms with Crippen molar-refractivity contribution in [1.29, 1.82) is 0 Å². The van der Waals surface area contributed by atoms with Gasteiger partial charge in [-0.15, -0.1) is 0 Å². The minimum Gasteiger partial charge on any atom is -0.201 e. The first-order valence-corrected chi connectivity index (χ1v) is 24.9. The highest BCUT2D eigenvalue weighted by Crippen LogP contribution is 2.45. The van der Waals surface area contributed by atoms with Crippen LogP contribution in [-0.4, -0.2) is 4.57 Å². The Morgan fingerprint density at radius 2 is 0.521 bits per heavy atom. The number of imidazole rings is 1. The van der Waals surface area contributed by atoms with E-state index in [4.69, 9.17) is 0 Å². The van der Waals surface area contributed by atoms with E-state index in [1.54, 1.807) is 0 Å². The van der Waals surface area contributed by atoms with Crippen LogP contribution in [0.1, 0.15) is 102 Å². The van der Waals surface area contributed by atoms with Crippen molar-refractivity contribution in [3.63, 3.8) is 0 Å². The normalized spacial score (nSPS) is 11.5. The predicted molar refractivity (Wildman–Crippen MR) is 292 cm³/mol. The van der Waals surface area contributed by atoms with Gasteiger partial charge >= 0.3 is 0 Å². The topological polar surface area (TPSA) is 8.81 Å². The zero-order valence-electron chi connectivity index (χ0n) is 40.3. The molecule has 10 aromatic carbocycles. The number of benzene rings is 10. The largest absolute Gasteiger partial charge is 0.254 e. The number of rotatable bonds is 14. The molecule has 2 heteroatoms. The van der Waals surface area contributed by atoms with Crippen molar-refractivity contribution >= 4 is 0 Å². The zero-order valence-corrected chi connectivity index (χ0v) is 40.3. The number of aromatic nitrogens is 2. The molecule has 0 atom stereocenters. The number of aryl methyl sites for hydroxylation is 2. The molecule has 2 nitrogen and oxygen atoms in total. The third-order valence-corrected chi connectivity index (χ3v) is 14.1. The Labute approximate surface area is 419 Å². The molecule has 342 valence electrons. The number of nitrogens with zero attached hydrogens (tertiary/aromatic N) is 2. The Bertz CT molecular complexity index is 2860. The van der Waals surface area contributed by atoms with E-state index in [0.29, 0.717) is 0 Å². The van der Waals surface area contributed by atoms with Crippen LogP contribution >= 0.6 is 0 Å². The average Bonchev–Trinajstić information content (AvgIpc) is 3.91. The van der Waals surface area contributed by atoms with Gasteiger partial charge in [0, 0.05) is 45.9 Å². The van der Waals surface area contributed by atoms with Gasteiger partial charge in [0.25, 0.3) is 6.33 Å². The molecule has 1 heterocycles. The third-order valence-electron chi connectivity index (χ3n) is 14.1. The molecule has 0 N–H and O–H groups in total. The van der Waals surface area contributed by atoms with E-state index in [9.17, 15) is 0 Å². The first kappa shape index (κ1) is 44.9. The third kappa shape index (κ3) is 9.33. The molecule has 11 aromatic rings. The lowest BCUT2D eigenvalue weighted by Gasteiger charge is -2.27. The summed E-state index contributed by atoms with van der Waals surface area (Å²) >= 11 is 0. The first-order valence-electron chi connectivity index (χ1n) is 24.9. The predicted octanol–water partition coefficient (Wildman–Crippen LogP) is 16.1. The summed E-state index contributed by atoms with van der Waals surface area (Å²) < 4.78 is 4.85. The summed E-state index contributed by atoms with van der Waals surface area (Å²) in [6, 6.07) is 98.1. The van der Waals surface area contributed by atoms with Crippen molar-refractivity contribution < 1.29 is 4.57 Å². The maximum atomic E-state index is 2.44. The van der Waals surface area contributed by atoms with Crippen molar-refractivity contribution in [1.82, 2.24) is 4.57 Å². The molecule has 0 saturated carbocycles. The summed E-state index contributed by atoms with van der Waals surface area (Å²) in [4.78, 5) is 0. The van der Waals surface area contributed by atoms with Crippen molar-refractivity contribution in [3.05, 3.63) is 364 Å². The van der Waals surface area contributed by atoms with E-state index in [2.05, 4.69) is 309 Å². The Balaban J connectivity index is 1.24. The molecule has 0 bridgehead atoms. The van der Waals surface area contributed by atoms with E-state index >= 15 is 0 Å². The van der Waals surface area contributed by atoms with Gasteiger partial charge in [-0.1, -0.05) is 278 Å². The molecule has 71 heavy (non-hydrogen) atoms. The van der Waals surface area contributed by atoms with Gasteiger partial charge in [-0.2, -0.15) is 0 Å². The molecular weight excluding hydrogens is 857 g/mol. The highest BCUT2D eigenvalue weighted by Gasteiger charge is 2.34. The average molecular weight is 914 g/mol. The van der Waals surface area contributed by atoms with Gasteiger partial charge < -0.3 is 0 Å². The monoisotopic (exact) mass is 913 g/mol. The van der Waals surface area contributed by atoms with Crippen LogP contribution in [0.4, 0.5) is 0 Å². The van der Waals surface area contributed by atoms with E-state index < -0.39 is 0 Å². The summed E-state index contributed by atoms with van der Waals surface area (Å²) in [5.74, 6) is -0.220. The quantitative estimate of drug-likeness (QED) is 0.0759. The van der Waals surface area contributed by atoms with Crippen LogP contribution in [0.5, 0.6) is 0 Å². The molecule has 0 unspecified atom stereocenters. The summed E-state index contributed by atoms with van der Waals surface area (Å²) in [5, 5.41) is 0. The summed E-state index contributed by atoms with van der Waals surface area (Å²) in [6.45, 7) is 4.52. The van der Waals surface area contributed by atoms with E-state index in [1.165, 1.54) is 89.3 Å². The lowest BCUT2D eigenvalue weighted by molar-refractivity contribution is -0.595. The second-order valence-corrected chi connectivity index (χ2v) is 18.8. The molecule has 11 rings (SSSR count). The summed E-state index contributed by atoms with van der Waals surface area (Å²) in [7, 11) is 0. The first-order chi connectivity index (χ1) is 35.1. The Morgan fingerprint density at radius 3 is 0.775 bits per heavy atom.